The Morgan fingerprint density at radius 3 is 2.70 bits per heavy atom. The van der Waals surface area contributed by atoms with Gasteiger partial charge in [-0.3, -0.25) is 4.79 Å². The van der Waals surface area contributed by atoms with Crippen molar-refractivity contribution in [1.82, 2.24) is 10.0 Å². The lowest BCUT2D eigenvalue weighted by Crippen LogP contribution is -2.36. The van der Waals surface area contributed by atoms with Crippen LogP contribution >= 0.6 is 11.3 Å². The van der Waals surface area contributed by atoms with Crippen molar-refractivity contribution in [3.8, 4) is 0 Å². The van der Waals surface area contributed by atoms with E-state index in [1.54, 1.807) is 25.3 Å². The lowest BCUT2D eigenvalue weighted by atomic mass is 10.1. The second kappa shape index (κ2) is 7.72. The van der Waals surface area contributed by atoms with Crippen molar-refractivity contribution in [2.75, 3.05) is 6.54 Å². The van der Waals surface area contributed by atoms with Crippen LogP contribution in [0, 0.1) is 0 Å². The number of aliphatic hydroxyl groups excluding tert-OH is 1. The lowest BCUT2D eigenvalue weighted by Gasteiger charge is -2.15. The summed E-state index contributed by atoms with van der Waals surface area (Å²) in [6.45, 7) is 3.49. The quantitative estimate of drug-likeness (QED) is 0.657. The van der Waals surface area contributed by atoms with Gasteiger partial charge in [-0.2, -0.15) is 0 Å². The summed E-state index contributed by atoms with van der Waals surface area (Å²) in [4.78, 5) is 11.6. The molecule has 1 aromatic heterocycles. The Labute approximate surface area is 123 Å². The number of thiophene rings is 1. The first-order chi connectivity index (χ1) is 9.31. The van der Waals surface area contributed by atoms with E-state index in [-0.39, 0.29) is 29.1 Å². The van der Waals surface area contributed by atoms with E-state index in [1.807, 2.05) is 0 Å². The SMILES string of the molecule is CC(O)CC(C)NC(=O)CCNS(=O)(=O)c1cccs1. The Kier molecular flexibility index (Phi) is 6.60. The molecule has 1 rings (SSSR count). The molecule has 1 amide bonds. The summed E-state index contributed by atoms with van der Waals surface area (Å²) in [6, 6.07) is 3.03. The topological polar surface area (TPSA) is 95.5 Å². The standard InChI is InChI=1S/C12H20N2O4S2/c1-9(8-10(2)15)14-11(16)5-6-13-20(17,18)12-4-3-7-19-12/h3-4,7,9-10,13,15H,5-6,8H2,1-2H3,(H,14,16). The van der Waals surface area contributed by atoms with E-state index in [4.69, 9.17) is 0 Å². The molecule has 0 spiro atoms. The number of carbonyl (C=O) groups excluding carboxylic acids is 1. The maximum absolute atomic E-state index is 11.8. The third kappa shape index (κ3) is 6.00. The molecule has 114 valence electrons. The number of nitrogens with one attached hydrogen (secondary N) is 2. The van der Waals surface area contributed by atoms with Crippen LogP contribution in [0.5, 0.6) is 0 Å². The zero-order chi connectivity index (χ0) is 15.2. The molecule has 20 heavy (non-hydrogen) atoms. The molecule has 8 heteroatoms. The van der Waals surface area contributed by atoms with Gasteiger partial charge in [-0.15, -0.1) is 11.3 Å². The molecule has 0 saturated carbocycles. The molecule has 2 atom stereocenters. The fraction of sp³-hybridized carbons (Fsp3) is 0.583. The second-order valence-corrected chi connectivity index (χ2v) is 7.57. The van der Waals surface area contributed by atoms with Crippen molar-refractivity contribution in [1.29, 1.82) is 0 Å². The minimum atomic E-state index is -3.51. The third-order valence-corrected chi connectivity index (χ3v) is 5.36. The monoisotopic (exact) mass is 320 g/mol. The molecule has 0 saturated heterocycles. The molecular formula is C12H20N2O4S2. The predicted molar refractivity (Wildman–Crippen MR) is 78.0 cm³/mol. The fourth-order valence-electron chi connectivity index (χ4n) is 1.70. The molecule has 0 aliphatic heterocycles. The smallest absolute Gasteiger partial charge is 0.250 e. The summed E-state index contributed by atoms with van der Waals surface area (Å²) in [5.41, 5.74) is 0. The van der Waals surface area contributed by atoms with Crippen LogP contribution in [0.15, 0.2) is 21.7 Å². The van der Waals surface area contributed by atoms with Crippen molar-refractivity contribution >= 4 is 27.3 Å². The summed E-state index contributed by atoms with van der Waals surface area (Å²) < 4.78 is 26.2. The molecule has 0 aromatic carbocycles. The van der Waals surface area contributed by atoms with Crippen LogP contribution in [-0.4, -0.2) is 38.1 Å². The van der Waals surface area contributed by atoms with Crippen LogP contribution in [0.25, 0.3) is 0 Å². The highest BCUT2D eigenvalue weighted by Crippen LogP contribution is 2.14. The van der Waals surface area contributed by atoms with Gasteiger partial charge in [-0.25, -0.2) is 13.1 Å². The largest absolute Gasteiger partial charge is 0.393 e. The first-order valence-electron chi connectivity index (χ1n) is 6.32. The van der Waals surface area contributed by atoms with E-state index < -0.39 is 16.1 Å². The van der Waals surface area contributed by atoms with E-state index in [2.05, 4.69) is 10.0 Å². The van der Waals surface area contributed by atoms with Crippen molar-refractivity contribution in [2.24, 2.45) is 0 Å². The van der Waals surface area contributed by atoms with Gasteiger partial charge < -0.3 is 10.4 Å². The van der Waals surface area contributed by atoms with Crippen LogP contribution in [0.4, 0.5) is 0 Å². The van der Waals surface area contributed by atoms with E-state index in [1.165, 1.54) is 6.07 Å². The van der Waals surface area contributed by atoms with Gasteiger partial charge >= 0.3 is 0 Å². The van der Waals surface area contributed by atoms with E-state index in [0.717, 1.165) is 11.3 Å². The zero-order valence-electron chi connectivity index (χ0n) is 11.5. The number of sulfonamides is 1. The first-order valence-corrected chi connectivity index (χ1v) is 8.68. The van der Waals surface area contributed by atoms with Crippen LogP contribution in [-0.2, 0) is 14.8 Å². The lowest BCUT2D eigenvalue weighted by molar-refractivity contribution is -0.121. The molecule has 6 nitrogen and oxygen atoms in total. The zero-order valence-corrected chi connectivity index (χ0v) is 13.1. The molecule has 2 unspecified atom stereocenters. The number of aliphatic hydroxyl groups is 1. The van der Waals surface area contributed by atoms with E-state index >= 15 is 0 Å². The Morgan fingerprint density at radius 1 is 1.45 bits per heavy atom. The van der Waals surface area contributed by atoms with Gasteiger partial charge in [-0.1, -0.05) is 6.07 Å². The van der Waals surface area contributed by atoms with Gasteiger partial charge in [0.1, 0.15) is 4.21 Å². The average Bonchev–Trinajstić information content (AvgIpc) is 2.80. The van der Waals surface area contributed by atoms with Crippen LogP contribution in [0.2, 0.25) is 0 Å². The van der Waals surface area contributed by atoms with E-state index in [0.29, 0.717) is 6.42 Å². The van der Waals surface area contributed by atoms with Crippen LogP contribution < -0.4 is 10.0 Å². The average molecular weight is 320 g/mol. The molecule has 0 radical (unpaired) electrons. The summed E-state index contributed by atoms with van der Waals surface area (Å²) in [6.07, 6.45) is 0.0455. The first kappa shape index (κ1) is 17.1. The minimum absolute atomic E-state index is 0.0491. The number of hydrogen-bond acceptors (Lipinski definition) is 5. The Hall–Kier alpha value is -0.960. The predicted octanol–water partition coefficient (Wildman–Crippen LogP) is 0.692. The van der Waals surface area contributed by atoms with Gasteiger partial charge in [0.05, 0.1) is 6.10 Å². The molecule has 1 aromatic rings. The van der Waals surface area contributed by atoms with Crippen molar-refractivity contribution in [2.45, 2.75) is 43.0 Å². The summed E-state index contributed by atoms with van der Waals surface area (Å²) in [5, 5.41) is 13.6. The van der Waals surface area contributed by atoms with Crippen molar-refractivity contribution in [3.05, 3.63) is 17.5 Å². The van der Waals surface area contributed by atoms with Crippen LogP contribution in [0.3, 0.4) is 0 Å². The Balaban J connectivity index is 2.32. The Morgan fingerprint density at radius 2 is 2.15 bits per heavy atom. The third-order valence-electron chi connectivity index (χ3n) is 2.51. The normalized spacial score (nSPS) is 14.8. The molecule has 0 fully saturated rings. The molecule has 0 aliphatic carbocycles. The van der Waals surface area contributed by atoms with Crippen molar-refractivity contribution < 1.29 is 18.3 Å². The van der Waals surface area contributed by atoms with Gasteiger partial charge in [0.2, 0.25) is 15.9 Å². The minimum Gasteiger partial charge on any atom is -0.393 e. The van der Waals surface area contributed by atoms with Crippen molar-refractivity contribution in [3.63, 3.8) is 0 Å². The summed E-state index contributed by atoms with van der Waals surface area (Å²) in [7, 11) is -3.51. The molecule has 1 heterocycles. The van der Waals surface area contributed by atoms with Gasteiger partial charge in [0.25, 0.3) is 0 Å². The maximum atomic E-state index is 11.8. The van der Waals surface area contributed by atoms with Crippen LogP contribution in [0.1, 0.15) is 26.7 Å². The summed E-state index contributed by atoms with van der Waals surface area (Å²) >= 11 is 1.13. The molecule has 0 aliphatic rings. The molecule has 3 N–H and O–H groups in total. The van der Waals surface area contributed by atoms with Gasteiger partial charge in [-0.05, 0) is 31.7 Å². The van der Waals surface area contributed by atoms with Gasteiger partial charge in [0, 0.05) is 19.0 Å². The highest BCUT2D eigenvalue weighted by atomic mass is 32.2. The van der Waals surface area contributed by atoms with E-state index in [9.17, 15) is 18.3 Å². The fourth-order valence-corrected chi connectivity index (χ4v) is 3.77. The Bertz CT molecular complexity index is 512. The maximum Gasteiger partial charge on any atom is 0.250 e. The number of rotatable bonds is 8. The number of amides is 1. The second-order valence-electron chi connectivity index (χ2n) is 4.63. The summed E-state index contributed by atoms with van der Waals surface area (Å²) in [5.74, 6) is -0.243. The number of hydrogen-bond donors (Lipinski definition) is 3. The highest BCUT2D eigenvalue weighted by Gasteiger charge is 2.15. The highest BCUT2D eigenvalue weighted by molar-refractivity contribution is 7.91. The molecule has 0 bridgehead atoms. The molecular weight excluding hydrogens is 300 g/mol. The number of carbonyl (C=O) groups is 1. The van der Waals surface area contributed by atoms with Gasteiger partial charge in [0.15, 0.2) is 0 Å².